The number of hydrogen-bond donors (Lipinski definition) is 0. The van der Waals surface area contributed by atoms with Crippen LogP contribution in [0.25, 0.3) is 11.1 Å². The second kappa shape index (κ2) is 6.88. The molecular formula is C23H27NO2. The van der Waals surface area contributed by atoms with Crippen LogP contribution in [0.3, 0.4) is 0 Å². The minimum atomic E-state index is 0.0253. The van der Waals surface area contributed by atoms with Crippen molar-refractivity contribution in [2.45, 2.75) is 45.1 Å². The summed E-state index contributed by atoms with van der Waals surface area (Å²) in [4.78, 5) is 14.5. The third-order valence-corrected chi connectivity index (χ3v) is 6.07. The zero-order chi connectivity index (χ0) is 18.1. The van der Waals surface area contributed by atoms with Crippen LogP contribution in [0.1, 0.15) is 49.0 Å². The average molecular weight is 349 g/mol. The average Bonchev–Trinajstić information content (AvgIpc) is 2.68. The molecule has 2 aliphatic heterocycles. The first-order valence-corrected chi connectivity index (χ1v) is 9.75. The lowest BCUT2D eigenvalue weighted by atomic mass is 9.82. The SMILES string of the molecule is CCN1CCC2(CCc3cc(-c4ccccc4C(C)=O)ccc3O2)CC1. The number of hydrogen-bond acceptors (Lipinski definition) is 3. The Morgan fingerprint density at radius 2 is 1.88 bits per heavy atom. The van der Waals surface area contributed by atoms with Gasteiger partial charge < -0.3 is 9.64 Å². The van der Waals surface area contributed by atoms with Gasteiger partial charge in [0.2, 0.25) is 0 Å². The quantitative estimate of drug-likeness (QED) is 0.750. The number of nitrogens with zero attached hydrogens (tertiary/aromatic N) is 1. The summed E-state index contributed by atoms with van der Waals surface area (Å²) in [5, 5.41) is 0. The highest BCUT2D eigenvalue weighted by molar-refractivity contribution is 6.00. The van der Waals surface area contributed by atoms with Crippen molar-refractivity contribution in [1.29, 1.82) is 0 Å². The zero-order valence-electron chi connectivity index (χ0n) is 15.8. The maximum atomic E-state index is 12.0. The van der Waals surface area contributed by atoms with Crippen molar-refractivity contribution in [3.63, 3.8) is 0 Å². The summed E-state index contributed by atoms with van der Waals surface area (Å²) in [5.74, 6) is 1.14. The van der Waals surface area contributed by atoms with Gasteiger partial charge in [-0.05, 0) is 68.0 Å². The van der Waals surface area contributed by atoms with Crippen LogP contribution in [0.15, 0.2) is 42.5 Å². The number of Topliss-reactive ketones (excluding diaryl/α,β-unsaturated/α-hetero) is 1. The fourth-order valence-electron chi connectivity index (χ4n) is 4.36. The molecule has 0 bridgehead atoms. The number of ether oxygens (including phenoxy) is 1. The first kappa shape index (κ1) is 17.3. The van der Waals surface area contributed by atoms with Gasteiger partial charge in [-0.1, -0.05) is 37.3 Å². The molecule has 1 spiro atoms. The van der Waals surface area contributed by atoms with E-state index < -0.39 is 0 Å². The van der Waals surface area contributed by atoms with Crippen molar-refractivity contribution in [1.82, 2.24) is 4.90 Å². The Morgan fingerprint density at radius 3 is 2.62 bits per heavy atom. The highest BCUT2D eigenvalue weighted by Gasteiger charge is 2.39. The minimum Gasteiger partial charge on any atom is -0.487 e. The number of aryl methyl sites for hydroxylation is 1. The van der Waals surface area contributed by atoms with Crippen LogP contribution in [0.5, 0.6) is 5.75 Å². The number of carbonyl (C=O) groups is 1. The number of piperidine rings is 1. The summed E-state index contributed by atoms with van der Waals surface area (Å²) in [6.07, 6.45) is 4.39. The van der Waals surface area contributed by atoms with Gasteiger partial charge in [0, 0.05) is 18.7 Å². The van der Waals surface area contributed by atoms with E-state index in [1.165, 1.54) is 5.56 Å². The molecule has 2 aromatic carbocycles. The van der Waals surface area contributed by atoms with Crippen molar-refractivity contribution in [3.8, 4) is 16.9 Å². The van der Waals surface area contributed by atoms with Crippen LogP contribution in [0.4, 0.5) is 0 Å². The molecule has 4 rings (SSSR count). The number of carbonyl (C=O) groups excluding carboxylic acids is 1. The highest BCUT2D eigenvalue weighted by atomic mass is 16.5. The molecular weight excluding hydrogens is 322 g/mol. The monoisotopic (exact) mass is 349 g/mol. The predicted molar refractivity (Wildman–Crippen MR) is 105 cm³/mol. The molecule has 2 aliphatic rings. The first-order valence-electron chi connectivity index (χ1n) is 9.75. The van der Waals surface area contributed by atoms with Crippen molar-refractivity contribution in [2.75, 3.05) is 19.6 Å². The molecule has 26 heavy (non-hydrogen) atoms. The predicted octanol–water partition coefficient (Wildman–Crippen LogP) is 4.74. The van der Waals surface area contributed by atoms with E-state index in [0.717, 1.165) is 67.8 Å². The molecule has 2 aromatic rings. The second-order valence-electron chi connectivity index (χ2n) is 7.64. The maximum absolute atomic E-state index is 12.0. The molecule has 3 heteroatoms. The Morgan fingerprint density at radius 1 is 1.12 bits per heavy atom. The number of rotatable bonds is 3. The van der Waals surface area contributed by atoms with Gasteiger partial charge in [0.1, 0.15) is 11.4 Å². The van der Waals surface area contributed by atoms with Crippen LogP contribution < -0.4 is 4.74 Å². The van der Waals surface area contributed by atoms with Crippen LogP contribution in [-0.2, 0) is 6.42 Å². The van der Waals surface area contributed by atoms with E-state index in [2.05, 4.69) is 30.0 Å². The van der Waals surface area contributed by atoms with Gasteiger partial charge in [-0.2, -0.15) is 0 Å². The minimum absolute atomic E-state index is 0.0253. The van der Waals surface area contributed by atoms with E-state index >= 15 is 0 Å². The Balaban J connectivity index is 1.60. The molecule has 1 saturated heterocycles. The Labute approximate surface area is 156 Å². The summed E-state index contributed by atoms with van der Waals surface area (Å²) in [5.41, 5.74) is 4.20. The summed E-state index contributed by atoms with van der Waals surface area (Å²) in [7, 11) is 0. The number of ketones is 1. The lowest BCUT2D eigenvalue weighted by Crippen LogP contribution is -2.49. The molecule has 0 amide bonds. The van der Waals surface area contributed by atoms with Crippen LogP contribution in [-0.4, -0.2) is 35.9 Å². The number of benzene rings is 2. The van der Waals surface area contributed by atoms with E-state index in [4.69, 9.17) is 4.74 Å². The van der Waals surface area contributed by atoms with E-state index in [1.807, 2.05) is 24.3 Å². The molecule has 3 nitrogen and oxygen atoms in total. The summed E-state index contributed by atoms with van der Waals surface area (Å²) < 4.78 is 6.53. The normalized spacial score (nSPS) is 19.0. The molecule has 0 aromatic heterocycles. The Hall–Kier alpha value is -2.13. The van der Waals surface area contributed by atoms with Gasteiger partial charge in [-0.15, -0.1) is 0 Å². The van der Waals surface area contributed by atoms with E-state index in [-0.39, 0.29) is 11.4 Å². The van der Waals surface area contributed by atoms with E-state index in [0.29, 0.717) is 0 Å². The molecule has 0 unspecified atom stereocenters. The largest absolute Gasteiger partial charge is 0.487 e. The van der Waals surface area contributed by atoms with Gasteiger partial charge in [0.05, 0.1) is 0 Å². The van der Waals surface area contributed by atoms with Crippen LogP contribution in [0, 0.1) is 0 Å². The summed E-state index contributed by atoms with van der Waals surface area (Å²) in [6, 6.07) is 14.3. The van der Waals surface area contributed by atoms with Gasteiger partial charge >= 0.3 is 0 Å². The van der Waals surface area contributed by atoms with Crippen molar-refractivity contribution in [3.05, 3.63) is 53.6 Å². The first-order chi connectivity index (χ1) is 12.6. The van der Waals surface area contributed by atoms with Crippen LogP contribution in [0.2, 0.25) is 0 Å². The molecule has 0 N–H and O–H groups in total. The van der Waals surface area contributed by atoms with Crippen molar-refractivity contribution in [2.24, 2.45) is 0 Å². The lowest BCUT2D eigenvalue weighted by molar-refractivity contribution is -0.0132. The van der Waals surface area contributed by atoms with Gasteiger partial charge in [-0.3, -0.25) is 4.79 Å². The highest BCUT2D eigenvalue weighted by Crippen LogP contribution is 2.41. The smallest absolute Gasteiger partial charge is 0.160 e. The molecule has 0 radical (unpaired) electrons. The van der Waals surface area contributed by atoms with E-state index in [9.17, 15) is 4.79 Å². The number of likely N-dealkylation sites (tertiary alicyclic amines) is 1. The topological polar surface area (TPSA) is 29.5 Å². The zero-order valence-corrected chi connectivity index (χ0v) is 15.8. The Bertz CT molecular complexity index is 819. The second-order valence-corrected chi connectivity index (χ2v) is 7.64. The summed E-state index contributed by atoms with van der Waals surface area (Å²) >= 11 is 0. The fourth-order valence-corrected chi connectivity index (χ4v) is 4.36. The summed E-state index contributed by atoms with van der Waals surface area (Å²) in [6.45, 7) is 7.26. The molecule has 2 heterocycles. The van der Waals surface area contributed by atoms with Crippen LogP contribution >= 0.6 is 0 Å². The van der Waals surface area contributed by atoms with Gasteiger partial charge in [-0.25, -0.2) is 0 Å². The third kappa shape index (κ3) is 3.16. The van der Waals surface area contributed by atoms with E-state index in [1.54, 1.807) is 6.92 Å². The van der Waals surface area contributed by atoms with Gasteiger partial charge in [0.25, 0.3) is 0 Å². The third-order valence-electron chi connectivity index (χ3n) is 6.07. The lowest BCUT2D eigenvalue weighted by Gasteiger charge is -2.44. The number of fused-ring (bicyclic) bond motifs is 1. The molecule has 0 saturated carbocycles. The molecule has 1 fully saturated rings. The molecule has 0 aliphatic carbocycles. The van der Waals surface area contributed by atoms with Crippen molar-refractivity contribution >= 4 is 5.78 Å². The fraction of sp³-hybridized carbons (Fsp3) is 0.435. The van der Waals surface area contributed by atoms with Gasteiger partial charge in [0.15, 0.2) is 5.78 Å². The molecule has 0 atom stereocenters. The Kier molecular flexibility index (Phi) is 4.58. The standard InChI is InChI=1S/C23H27NO2/c1-3-24-14-12-23(13-15-24)11-10-19-16-18(8-9-22(19)26-23)21-7-5-4-6-20(21)17(2)25/h4-9,16H,3,10-15H2,1-2H3. The van der Waals surface area contributed by atoms with Crippen molar-refractivity contribution < 1.29 is 9.53 Å². The molecule has 136 valence electrons. The maximum Gasteiger partial charge on any atom is 0.160 e.